The fourth-order valence-corrected chi connectivity index (χ4v) is 1.72. The Hall–Kier alpha value is -0.0800. The van der Waals surface area contributed by atoms with Crippen LogP contribution in [-0.4, -0.2) is 12.4 Å². The number of hydrogen-bond donors (Lipinski definition) is 0. The monoisotopic (exact) mass is 171 g/mol. The van der Waals surface area contributed by atoms with E-state index < -0.39 is 6.29 Å². The number of hydrogen-bond acceptors (Lipinski definition) is 1. The molecule has 1 radical (unpaired) electrons. The van der Waals surface area contributed by atoms with Gasteiger partial charge in [-0.15, -0.1) is 0 Å². The summed E-state index contributed by atoms with van der Waals surface area (Å²) in [4.78, 5) is 0. The van der Waals surface area contributed by atoms with Gasteiger partial charge in [0, 0.05) is 6.42 Å². The van der Waals surface area contributed by atoms with Crippen LogP contribution in [0.25, 0.3) is 0 Å². The highest BCUT2D eigenvalue weighted by Gasteiger charge is 2.17. The second-order valence-corrected chi connectivity index (χ2v) is 3.61. The van der Waals surface area contributed by atoms with E-state index in [1.165, 1.54) is 19.3 Å². The van der Waals surface area contributed by atoms with Gasteiger partial charge in [-0.25, -0.2) is 5.11 Å². The molecule has 0 bridgehead atoms. The third kappa shape index (κ3) is 3.55. The lowest BCUT2D eigenvalue weighted by Gasteiger charge is -2.23. The van der Waals surface area contributed by atoms with Gasteiger partial charge in [0.2, 0.25) is 0 Å². The maximum absolute atomic E-state index is 11.2. The first-order chi connectivity index (χ1) is 5.83. The standard InChI is InChI=1S/C10H19O2/c1-2-6-10(11)12-9-7-4-3-5-8-9/h9-10H,2-8H2,1H3. The Morgan fingerprint density at radius 1 is 1.33 bits per heavy atom. The highest BCUT2D eigenvalue weighted by molar-refractivity contribution is 4.65. The Balaban J connectivity index is 2.11. The van der Waals surface area contributed by atoms with Gasteiger partial charge in [0.05, 0.1) is 6.10 Å². The van der Waals surface area contributed by atoms with Crippen molar-refractivity contribution in [3.05, 3.63) is 0 Å². The SMILES string of the molecule is CCCC([O])OC1CCCCC1. The van der Waals surface area contributed by atoms with Gasteiger partial charge in [-0.3, -0.25) is 0 Å². The van der Waals surface area contributed by atoms with E-state index in [2.05, 4.69) is 0 Å². The summed E-state index contributed by atoms with van der Waals surface area (Å²) in [6, 6.07) is 0. The molecule has 0 N–H and O–H groups in total. The van der Waals surface area contributed by atoms with E-state index >= 15 is 0 Å². The molecule has 0 heterocycles. The molecule has 0 spiro atoms. The zero-order chi connectivity index (χ0) is 8.81. The first-order valence-electron chi connectivity index (χ1n) is 5.14. The third-order valence-electron chi connectivity index (χ3n) is 2.42. The minimum atomic E-state index is -0.766. The molecule has 0 saturated heterocycles. The molecule has 12 heavy (non-hydrogen) atoms. The van der Waals surface area contributed by atoms with Crippen molar-refractivity contribution in [1.29, 1.82) is 0 Å². The molecule has 0 aromatic carbocycles. The largest absolute Gasteiger partial charge is 0.346 e. The summed E-state index contributed by atoms with van der Waals surface area (Å²) < 4.78 is 5.38. The average molecular weight is 171 g/mol. The summed E-state index contributed by atoms with van der Waals surface area (Å²) in [5.74, 6) is 0. The molecule has 1 aliphatic carbocycles. The van der Waals surface area contributed by atoms with Crippen LogP contribution in [0, 0.1) is 0 Å². The van der Waals surface area contributed by atoms with Crippen LogP contribution in [-0.2, 0) is 9.84 Å². The molecule has 1 unspecified atom stereocenters. The quantitative estimate of drug-likeness (QED) is 0.598. The van der Waals surface area contributed by atoms with Crippen molar-refractivity contribution in [1.82, 2.24) is 0 Å². The zero-order valence-electron chi connectivity index (χ0n) is 7.92. The van der Waals surface area contributed by atoms with Crippen molar-refractivity contribution in [3.8, 4) is 0 Å². The fourth-order valence-electron chi connectivity index (χ4n) is 1.72. The Morgan fingerprint density at radius 3 is 2.58 bits per heavy atom. The average Bonchev–Trinajstić information content (AvgIpc) is 2.06. The van der Waals surface area contributed by atoms with Crippen molar-refractivity contribution in [2.75, 3.05) is 0 Å². The van der Waals surface area contributed by atoms with Crippen molar-refractivity contribution in [2.45, 2.75) is 64.3 Å². The van der Waals surface area contributed by atoms with Crippen LogP contribution in [0.2, 0.25) is 0 Å². The maximum atomic E-state index is 11.2. The summed E-state index contributed by atoms with van der Waals surface area (Å²) in [6.07, 6.45) is 7.10. The van der Waals surface area contributed by atoms with Gasteiger partial charge in [-0.05, 0) is 12.8 Å². The van der Waals surface area contributed by atoms with E-state index in [1.54, 1.807) is 0 Å². The van der Waals surface area contributed by atoms with Crippen molar-refractivity contribution < 1.29 is 9.84 Å². The van der Waals surface area contributed by atoms with Crippen LogP contribution in [0.4, 0.5) is 0 Å². The topological polar surface area (TPSA) is 29.1 Å². The lowest BCUT2D eigenvalue weighted by Crippen LogP contribution is -2.23. The van der Waals surface area contributed by atoms with Crippen LogP contribution in [0.15, 0.2) is 0 Å². The molecule has 0 aliphatic heterocycles. The summed E-state index contributed by atoms with van der Waals surface area (Å²) in [5.41, 5.74) is 0. The first-order valence-corrected chi connectivity index (χ1v) is 5.14. The highest BCUT2D eigenvalue weighted by Crippen LogP contribution is 2.21. The molecule has 0 aromatic rings. The smallest absolute Gasteiger partial charge is 0.191 e. The molecule has 2 nitrogen and oxygen atoms in total. The Morgan fingerprint density at radius 2 is 2.00 bits per heavy atom. The van der Waals surface area contributed by atoms with E-state index in [4.69, 9.17) is 4.74 Å². The van der Waals surface area contributed by atoms with Gasteiger partial charge in [-0.2, -0.15) is 0 Å². The Kier molecular flexibility index (Phi) is 4.62. The first kappa shape index (κ1) is 10.0. The molecule has 0 aromatic heterocycles. The maximum Gasteiger partial charge on any atom is 0.191 e. The van der Waals surface area contributed by atoms with E-state index in [0.717, 1.165) is 19.3 Å². The summed E-state index contributed by atoms with van der Waals surface area (Å²) in [7, 11) is 0. The van der Waals surface area contributed by atoms with Crippen LogP contribution < -0.4 is 0 Å². The molecule has 2 heteroatoms. The summed E-state index contributed by atoms with van der Waals surface area (Å²) in [6.45, 7) is 2.02. The molecule has 0 amide bonds. The van der Waals surface area contributed by atoms with E-state index in [1.807, 2.05) is 6.92 Å². The molecule has 1 atom stereocenters. The van der Waals surface area contributed by atoms with E-state index in [0.29, 0.717) is 6.42 Å². The second kappa shape index (κ2) is 5.55. The van der Waals surface area contributed by atoms with Crippen LogP contribution in [0.3, 0.4) is 0 Å². The lowest BCUT2D eigenvalue weighted by molar-refractivity contribution is -0.179. The molecule has 1 aliphatic rings. The van der Waals surface area contributed by atoms with Gasteiger partial charge >= 0.3 is 0 Å². The Bertz CT molecular complexity index is 108. The van der Waals surface area contributed by atoms with Crippen molar-refractivity contribution in [2.24, 2.45) is 0 Å². The van der Waals surface area contributed by atoms with Gasteiger partial charge in [0.1, 0.15) is 0 Å². The third-order valence-corrected chi connectivity index (χ3v) is 2.42. The van der Waals surface area contributed by atoms with E-state index in [9.17, 15) is 5.11 Å². The van der Waals surface area contributed by atoms with E-state index in [-0.39, 0.29) is 6.10 Å². The van der Waals surface area contributed by atoms with Crippen molar-refractivity contribution >= 4 is 0 Å². The number of rotatable bonds is 4. The molecular weight excluding hydrogens is 152 g/mol. The van der Waals surface area contributed by atoms with Gasteiger partial charge < -0.3 is 4.74 Å². The molecule has 71 valence electrons. The van der Waals surface area contributed by atoms with Crippen LogP contribution >= 0.6 is 0 Å². The summed E-state index contributed by atoms with van der Waals surface area (Å²) in [5, 5.41) is 11.2. The molecule has 1 rings (SSSR count). The minimum absolute atomic E-state index is 0.271. The predicted octanol–water partition coefficient (Wildman–Crippen LogP) is 2.89. The van der Waals surface area contributed by atoms with Gasteiger partial charge in [0.15, 0.2) is 6.29 Å². The fraction of sp³-hybridized carbons (Fsp3) is 1.00. The molecule has 1 fully saturated rings. The predicted molar refractivity (Wildman–Crippen MR) is 47.3 cm³/mol. The van der Waals surface area contributed by atoms with Crippen LogP contribution in [0.5, 0.6) is 0 Å². The number of ether oxygens (including phenoxy) is 1. The van der Waals surface area contributed by atoms with Crippen molar-refractivity contribution in [3.63, 3.8) is 0 Å². The molecule has 1 saturated carbocycles. The van der Waals surface area contributed by atoms with Gasteiger partial charge in [-0.1, -0.05) is 32.6 Å². The Labute approximate surface area is 74.9 Å². The normalized spacial score (nSPS) is 22.5. The highest BCUT2D eigenvalue weighted by atomic mass is 16.6. The summed E-state index contributed by atoms with van der Waals surface area (Å²) >= 11 is 0. The lowest BCUT2D eigenvalue weighted by atomic mass is 9.98. The minimum Gasteiger partial charge on any atom is -0.346 e. The zero-order valence-corrected chi connectivity index (χ0v) is 7.92. The van der Waals surface area contributed by atoms with Gasteiger partial charge in [0.25, 0.3) is 0 Å². The van der Waals surface area contributed by atoms with Crippen LogP contribution in [0.1, 0.15) is 51.9 Å². The second-order valence-electron chi connectivity index (χ2n) is 3.61. The molecular formula is C10H19O2.